The van der Waals surface area contributed by atoms with Crippen LogP contribution in [0.4, 0.5) is 0 Å². The van der Waals surface area contributed by atoms with Crippen LogP contribution in [0, 0.1) is 0 Å². The van der Waals surface area contributed by atoms with Crippen LogP contribution in [0.2, 0.25) is 0 Å². The minimum atomic E-state index is -0.212. The Morgan fingerprint density at radius 3 is 3.04 bits per heavy atom. The van der Waals surface area contributed by atoms with E-state index in [-0.39, 0.29) is 42.5 Å². The number of pyridine rings is 1. The highest BCUT2D eigenvalue weighted by Crippen LogP contribution is 2.08. The van der Waals surface area contributed by atoms with Gasteiger partial charge in [-0.2, -0.15) is 0 Å². The molecule has 8 heteroatoms. The third-order valence-electron chi connectivity index (χ3n) is 4.15. The average molecular weight is 340 g/mol. The number of carbonyl (C=O) groups excluding carboxylic acids is 1. The summed E-state index contributed by atoms with van der Waals surface area (Å²) in [6.07, 6.45) is 4.00. The first-order chi connectivity index (χ1) is 10.6. The Labute approximate surface area is 140 Å². The lowest BCUT2D eigenvalue weighted by Crippen LogP contribution is -2.52. The second-order valence-corrected chi connectivity index (χ2v) is 5.74. The van der Waals surface area contributed by atoms with E-state index >= 15 is 0 Å². The molecule has 0 aliphatic carbocycles. The summed E-state index contributed by atoms with van der Waals surface area (Å²) in [7, 11) is 0. The molecule has 23 heavy (non-hydrogen) atoms. The van der Waals surface area contributed by atoms with Crippen LogP contribution in [0.3, 0.4) is 0 Å². The monoisotopic (exact) mass is 339 g/mol. The summed E-state index contributed by atoms with van der Waals surface area (Å²) in [4.78, 5) is 24.2. The molecule has 1 aliphatic heterocycles. The standard InChI is InChI=1S/C15H21N5O2.ClH/c1-11-12(5-4-8-16-11)17-14(21)7-10-20-15(22)19-9-3-2-6-13(19)18-20;/h2-3,6,9,11-12,16H,4-5,7-8,10H2,1H3,(H,17,21);1H. The molecule has 1 saturated heterocycles. The van der Waals surface area contributed by atoms with Crippen molar-refractivity contribution in [2.45, 2.75) is 44.8 Å². The molecule has 2 unspecified atom stereocenters. The number of fused-ring (bicyclic) bond motifs is 1. The molecule has 2 atom stereocenters. The number of halogens is 1. The second kappa shape index (κ2) is 7.61. The van der Waals surface area contributed by atoms with Crippen molar-refractivity contribution < 1.29 is 4.79 Å². The molecule has 1 fully saturated rings. The van der Waals surface area contributed by atoms with Gasteiger partial charge in [0.1, 0.15) is 0 Å². The Morgan fingerprint density at radius 2 is 2.30 bits per heavy atom. The molecule has 126 valence electrons. The number of amides is 1. The minimum absolute atomic E-state index is 0. The third kappa shape index (κ3) is 3.92. The van der Waals surface area contributed by atoms with E-state index in [0.29, 0.717) is 12.2 Å². The summed E-state index contributed by atoms with van der Waals surface area (Å²) in [6.45, 7) is 3.38. The molecule has 3 heterocycles. The summed E-state index contributed by atoms with van der Waals surface area (Å²) < 4.78 is 2.82. The largest absolute Gasteiger partial charge is 0.352 e. The molecule has 7 nitrogen and oxygen atoms in total. The van der Waals surface area contributed by atoms with Crippen LogP contribution >= 0.6 is 12.4 Å². The lowest BCUT2D eigenvalue weighted by Gasteiger charge is -2.30. The highest BCUT2D eigenvalue weighted by atomic mass is 35.5. The summed E-state index contributed by atoms with van der Waals surface area (Å²) in [6, 6.07) is 5.84. The van der Waals surface area contributed by atoms with E-state index < -0.39 is 0 Å². The summed E-state index contributed by atoms with van der Waals surface area (Å²) in [5, 5.41) is 10.6. The van der Waals surface area contributed by atoms with Gasteiger partial charge < -0.3 is 10.6 Å². The maximum absolute atomic E-state index is 12.1. The number of nitrogens with one attached hydrogen (secondary N) is 2. The molecule has 0 bridgehead atoms. The number of hydrogen-bond donors (Lipinski definition) is 2. The number of aromatic nitrogens is 3. The zero-order valence-electron chi connectivity index (χ0n) is 13.1. The van der Waals surface area contributed by atoms with Crippen LogP contribution in [-0.2, 0) is 11.3 Å². The first-order valence-corrected chi connectivity index (χ1v) is 7.72. The second-order valence-electron chi connectivity index (χ2n) is 5.74. The van der Waals surface area contributed by atoms with E-state index in [9.17, 15) is 9.59 Å². The van der Waals surface area contributed by atoms with E-state index in [0.717, 1.165) is 19.4 Å². The number of rotatable bonds is 4. The van der Waals surface area contributed by atoms with Gasteiger partial charge in [0.05, 0.1) is 6.54 Å². The Balaban J connectivity index is 0.00000192. The Hall–Kier alpha value is -1.86. The van der Waals surface area contributed by atoms with Gasteiger partial charge in [0.2, 0.25) is 5.91 Å². The molecule has 3 rings (SSSR count). The summed E-state index contributed by atoms with van der Waals surface area (Å²) in [5.74, 6) is -0.0375. The lowest BCUT2D eigenvalue weighted by atomic mass is 10.00. The van der Waals surface area contributed by atoms with E-state index in [1.165, 1.54) is 9.08 Å². The van der Waals surface area contributed by atoms with Crippen molar-refractivity contribution in [3.8, 4) is 0 Å². The van der Waals surface area contributed by atoms with Gasteiger partial charge in [-0.15, -0.1) is 17.5 Å². The zero-order valence-corrected chi connectivity index (χ0v) is 13.9. The molecular formula is C15H22ClN5O2. The van der Waals surface area contributed by atoms with Crippen molar-refractivity contribution in [2.75, 3.05) is 6.54 Å². The van der Waals surface area contributed by atoms with Crippen molar-refractivity contribution in [1.82, 2.24) is 24.8 Å². The SMILES string of the molecule is CC1NCCCC1NC(=O)CCn1nc2ccccn2c1=O.Cl. The van der Waals surface area contributed by atoms with Crippen molar-refractivity contribution in [1.29, 1.82) is 0 Å². The molecule has 0 spiro atoms. The minimum Gasteiger partial charge on any atom is -0.352 e. The number of carbonyl (C=O) groups is 1. The third-order valence-corrected chi connectivity index (χ3v) is 4.15. The topological polar surface area (TPSA) is 80.4 Å². The normalized spacial score (nSPS) is 20.9. The van der Waals surface area contributed by atoms with Crippen molar-refractivity contribution in [3.05, 3.63) is 34.9 Å². The van der Waals surface area contributed by atoms with E-state index in [2.05, 4.69) is 22.7 Å². The molecule has 1 aliphatic rings. The highest BCUT2D eigenvalue weighted by molar-refractivity contribution is 5.85. The van der Waals surface area contributed by atoms with Crippen LogP contribution in [0.25, 0.3) is 5.65 Å². The van der Waals surface area contributed by atoms with Crippen LogP contribution < -0.4 is 16.3 Å². The molecular weight excluding hydrogens is 318 g/mol. The van der Waals surface area contributed by atoms with Gasteiger partial charge in [-0.1, -0.05) is 6.07 Å². The van der Waals surface area contributed by atoms with E-state index in [4.69, 9.17) is 0 Å². The molecule has 2 aromatic heterocycles. The molecule has 0 radical (unpaired) electrons. The van der Waals surface area contributed by atoms with E-state index in [1.807, 2.05) is 6.07 Å². The average Bonchev–Trinajstić information content (AvgIpc) is 2.84. The van der Waals surface area contributed by atoms with Crippen LogP contribution in [0.15, 0.2) is 29.2 Å². The number of hydrogen-bond acceptors (Lipinski definition) is 4. The highest BCUT2D eigenvalue weighted by Gasteiger charge is 2.22. The lowest BCUT2D eigenvalue weighted by molar-refractivity contribution is -0.122. The van der Waals surface area contributed by atoms with Gasteiger partial charge in [0.15, 0.2) is 5.65 Å². The fourth-order valence-electron chi connectivity index (χ4n) is 2.84. The van der Waals surface area contributed by atoms with Gasteiger partial charge >= 0.3 is 5.69 Å². The van der Waals surface area contributed by atoms with Crippen LogP contribution in [0.1, 0.15) is 26.2 Å². The molecule has 0 aromatic carbocycles. The van der Waals surface area contributed by atoms with Gasteiger partial charge in [-0.05, 0) is 38.4 Å². The fraction of sp³-hybridized carbons (Fsp3) is 0.533. The molecule has 2 aromatic rings. The van der Waals surface area contributed by atoms with Gasteiger partial charge in [-0.25, -0.2) is 9.48 Å². The number of nitrogens with zero attached hydrogens (tertiary/aromatic N) is 3. The molecule has 1 amide bonds. The first kappa shape index (κ1) is 17.5. The van der Waals surface area contributed by atoms with Crippen molar-refractivity contribution in [3.63, 3.8) is 0 Å². The number of piperidine rings is 1. The smallest absolute Gasteiger partial charge is 0.350 e. The summed E-state index contributed by atoms with van der Waals surface area (Å²) >= 11 is 0. The maximum Gasteiger partial charge on any atom is 0.350 e. The van der Waals surface area contributed by atoms with Crippen LogP contribution in [-0.4, -0.2) is 38.7 Å². The maximum atomic E-state index is 12.1. The Morgan fingerprint density at radius 1 is 1.48 bits per heavy atom. The predicted molar refractivity (Wildman–Crippen MR) is 89.9 cm³/mol. The van der Waals surface area contributed by atoms with Crippen molar-refractivity contribution >= 4 is 24.0 Å². The van der Waals surface area contributed by atoms with E-state index in [1.54, 1.807) is 18.3 Å². The predicted octanol–water partition coefficient (Wildman–Crippen LogP) is 0.565. The summed E-state index contributed by atoms with van der Waals surface area (Å²) in [5.41, 5.74) is 0.383. The first-order valence-electron chi connectivity index (χ1n) is 7.72. The Bertz CT molecular complexity index is 726. The van der Waals surface area contributed by atoms with Gasteiger partial charge in [-0.3, -0.25) is 9.20 Å². The van der Waals surface area contributed by atoms with Gasteiger partial charge in [0.25, 0.3) is 0 Å². The fourth-order valence-corrected chi connectivity index (χ4v) is 2.84. The number of aryl methyl sites for hydroxylation is 1. The zero-order chi connectivity index (χ0) is 15.5. The quantitative estimate of drug-likeness (QED) is 0.853. The van der Waals surface area contributed by atoms with Crippen LogP contribution in [0.5, 0.6) is 0 Å². The molecule has 2 N–H and O–H groups in total. The van der Waals surface area contributed by atoms with Crippen molar-refractivity contribution in [2.24, 2.45) is 0 Å². The van der Waals surface area contributed by atoms with Gasteiger partial charge in [0, 0.05) is 24.7 Å². The Kier molecular flexibility index (Phi) is 5.79. The molecule has 0 saturated carbocycles.